The first-order chi connectivity index (χ1) is 3.06. The monoisotopic (exact) mass is 115 g/mol. The summed E-state index contributed by atoms with van der Waals surface area (Å²) in [6, 6.07) is 0. The molecule has 1 nitrogen and oxygen atoms in total. The smallest absolute Gasteiger partial charge is 0.194 e. The minimum Gasteiger partial charge on any atom is -0.194 e. The largest absolute Gasteiger partial charge is 0.505 e. The van der Waals surface area contributed by atoms with Gasteiger partial charge in [-0.3, -0.25) is 0 Å². The summed E-state index contributed by atoms with van der Waals surface area (Å²) in [6.45, 7) is -0.792. The van der Waals surface area contributed by atoms with Crippen LogP contribution in [0.5, 0.6) is 0 Å². The van der Waals surface area contributed by atoms with E-state index in [1.807, 2.05) is 0 Å². The molecule has 0 aliphatic heterocycles. The first-order valence-electron chi connectivity index (χ1n) is 1.27. The van der Waals surface area contributed by atoms with Crippen LogP contribution in [0.1, 0.15) is 0 Å². The maximum Gasteiger partial charge on any atom is 0.505 e. The van der Waals surface area contributed by atoms with Crippen molar-refractivity contribution in [1.29, 1.82) is 0 Å². The Kier molecular flexibility index (Phi) is 1.74. The van der Waals surface area contributed by atoms with Crippen molar-refractivity contribution in [1.82, 2.24) is 0 Å². The molecule has 0 saturated heterocycles. The van der Waals surface area contributed by atoms with Crippen molar-refractivity contribution < 1.29 is 17.6 Å². The lowest BCUT2D eigenvalue weighted by Crippen LogP contribution is -2.00. The van der Waals surface area contributed by atoms with E-state index < -0.39 is 12.8 Å². The van der Waals surface area contributed by atoms with Crippen molar-refractivity contribution in [2.75, 3.05) is 0 Å². The van der Waals surface area contributed by atoms with Crippen LogP contribution in [0.25, 0.3) is 0 Å². The van der Waals surface area contributed by atoms with Gasteiger partial charge in [0.1, 0.15) is 0 Å². The topological polar surface area (TPSA) is 12.4 Å². The predicted molar refractivity (Wildman–Crippen MR) is 15.7 cm³/mol. The van der Waals surface area contributed by atoms with Crippen LogP contribution in [0, 0.1) is 0 Å². The lowest BCUT2D eigenvalue weighted by molar-refractivity contribution is -0.119. The van der Waals surface area contributed by atoms with Gasteiger partial charge in [0.15, 0.2) is 6.47 Å². The van der Waals surface area contributed by atoms with E-state index in [2.05, 4.69) is 0 Å². The zero-order chi connectivity index (χ0) is 5.91. The van der Waals surface area contributed by atoms with E-state index in [9.17, 15) is 17.6 Å². The highest BCUT2D eigenvalue weighted by Crippen LogP contribution is 2.14. The predicted octanol–water partition coefficient (Wildman–Crippen LogP) is 1.50. The molecule has 0 fully saturated rings. The number of aliphatic imine (C=N–C) groups is 1. The van der Waals surface area contributed by atoms with Crippen LogP contribution in [0.4, 0.5) is 17.6 Å². The molecule has 42 valence electrons. The zero-order valence-electron chi connectivity index (χ0n) is 3.04. The Morgan fingerprint density at radius 3 is 1.71 bits per heavy atom. The summed E-state index contributed by atoms with van der Waals surface area (Å²) in [6.07, 6.45) is -4.76. The molecule has 0 bridgehead atoms. The molecule has 0 radical (unpaired) electrons. The van der Waals surface area contributed by atoms with Gasteiger partial charge in [-0.1, -0.05) is 0 Å². The number of nitrogens with zero attached hydrogens (tertiary/aromatic N) is 1. The number of hydrogen-bond donors (Lipinski definition) is 0. The van der Waals surface area contributed by atoms with Gasteiger partial charge < -0.3 is 0 Å². The molecule has 0 aromatic carbocycles. The lowest BCUT2D eigenvalue weighted by Gasteiger charge is -1.91. The molecular formula is C2HF4N. The van der Waals surface area contributed by atoms with Crippen molar-refractivity contribution in [2.45, 2.75) is 6.30 Å². The number of hydrogen-bond acceptors (Lipinski definition) is 1. The van der Waals surface area contributed by atoms with Crippen LogP contribution in [0.15, 0.2) is 4.99 Å². The molecule has 0 N–H and O–H groups in total. The van der Waals surface area contributed by atoms with Gasteiger partial charge in [0.25, 0.3) is 0 Å². The second kappa shape index (κ2) is 1.90. The van der Waals surface area contributed by atoms with Gasteiger partial charge in [-0.25, -0.2) is 0 Å². The fraction of sp³-hybridized carbons (Fsp3) is 0.500. The van der Waals surface area contributed by atoms with Crippen molar-refractivity contribution in [2.24, 2.45) is 4.99 Å². The SMILES string of the molecule is FC=NC(F)(F)F. The number of halogens is 4. The summed E-state index contributed by atoms with van der Waals surface area (Å²) in [5.41, 5.74) is 0. The van der Waals surface area contributed by atoms with Crippen molar-refractivity contribution in [3.8, 4) is 0 Å². The van der Waals surface area contributed by atoms with Gasteiger partial charge in [0.05, 0.1) is 0 Å². The van der Waals surface area contributed by atoms with E-state index >= 15 is 0 Å². The fourth-order valence-electron chi connectivity index (χ4n) is 0.0553. The number of rotatable bonds is 0. The van der Waals surface area contributed by atoms with Gasteiger partial charge in [0, 0.05) is 0 Å². The lowest BCUT2D eigenvalue weighted by atomic mass is 11.2. The molecule has 0 unspecified atom stereocenters. The van der Waals surface area contributed by atoms with Crippen molar-refractivity contribution in [3.63, 3.8) is 0 Å². The summed E-state index contributed by atoms with van der Waals surface area (Å²) in [5, 5.41) is 0. The highest BCUT2D eigenvalue weighted by Gasteiger charge is 2.24. The van der Waals surface area contributed by atoms with Crippen LogP contribution in [-0.4, -0.2) is 12.8 Å². The molecule has 0 rings (SSSR count). The van der Waals surface area contributed by atoms with E-state index in [1.165, 1.54) is 4.99 Å². The van der Waals surface area contributed by atoms with Crippen LogP contribution in [0.2, 0.25) is 0 Å². The normalized spacial score (nSPS) is 13.1. The Bertz CT molecular complexity index is 72.2. The molecule has 0 spiro atoms. The highest BCUT2D eigenvalue weighted by molar-refractivity contribution is 5.44. The summed E-state index contributed by atoms with van der Waals surface area (Å²) >= 11 is 0. The van der Waals surface area contributed by atoms with Crippen LogP contribution >= 0.6 is 0 Å². The molecule has 0 saturated carbocycles. The average Bonchev–Trinajstić information content (AvgIpc) is 1.30. The van der Waals surface area contributed by atoms with E-state index in [1.54, 1.807) is 0 Å². The molecule has 5 heteroatoms. The third-order valence-electron chi connectivity index (χ3n) is 0.195. The zero-order valence-corrected chi connectivity index (χ0v) is 3.04. The van der Waals surface area contributed by atoms with E-state index in [-0.39, 0.29) is 0 Å². The summed E-state index contributed by atoms with van der Waals surface area (Å²) < 4.78 is 42.3. The number of alkyl halides is 3. The molecule has 0 aromatic heterocycles. The van der Waals surface area contributed by atoms with Gasteiger partial charge in [-0.05, 0) is 0 Å². The quantitative estimate of drug-likeness (QED) is 0.257. The van der Waals surface area contributed by atoms with Crippen LogP contribution < -0.4 is 0 Å². The third-order valence-corrected chi connectivity index (χ3v) is 0.195. The van der Waals surface area contributed by atoms with E-state index in [4.69, 9.17) is 0 Å². The second-order valence-corrected chi connectivity index (χ2v) is 0.695. The fourth-order valence-corrected chi connectivity index (χ4v) is 0.0553. The Morgan fingerprint density at radius 2 is 1.71 bits per heavy atom. The first-order valence-corrected chi connectivity index (χ1v) is 1.27. The summed E-state index contributed by atoms with van der Waals surface area (Å²) in [5.74, 6) is 0. The third kappa shape index (κ3) is 5.39. The van der Waals surface area contributed by atoms with Crippen LogP contribution in [0.3, 0.4) is 0 Å². The summed E-state index contributed by atoms with van der Waals surface area (Å²) in [4.78, 5) is 1.47. The molecular weight excluding hydrogens is 114 g/mol. The Labute approximate surface area is 36.7 Å². The van der Waals surface area contributed by atoms with Gasteiger partial charge in [-0.2, -0.15) is 9.38 Å². The molecule has 0 aliphatic carbocycles. The standard InChI is InChI=1S/C2HF4N/c3-1-7-2(4,5)6/h1H. The maximum atomic E-state index is 10.6. The Balaban J connectivity index is 3.56. The molecule has 0 atom stereocenters. The molecule has 0 amide bonds. The highest BCUT2D eigenvalue weighted by atomic mass is 19.4. The first kappa shape index (κ1) is 6.39. The minimum atomic E-state index is -4.76. The minimum absolute atomic E-state index is 0.792. The second-order valence-electron chi connectivity index (χ2n) is 0.695. The van der Waals surface area contributed by atoms with Gasteiger partial charge in [0.2, 0.25) is 0 Å². The van der Waals surface area contributed by atoms with Crippen molar-refractivity contribution in [3.05, 3.63) is 0 Å². The van der Waals surface area contributed by atoms with Crippen LogP contribution in [-0.2, 0) is 0 Å². The molecule has 0 aromatic rings. The summed E-state index contributed by atoms with van der Waals surface area (Å²) in [7, 11) is 0. The molecule has 0 aliphatic rings. The Morgan fingerprint density at radius 1 is 1.29 bits per heavy atom. The molecule has 7 heavy (non-hydrogen) atoms. The van der Waals surface area contributed by atoms with Gasteiger partial charge in [-0.15, -0.1) is 13.2 Å². The van der Waals surface area contributed by atoms with Gasteiger partial charge >= 0.3 is 6.30 Å². The van der Waals surface area contributed by atoms with Crippen molar-refractivity contribution >= 4 is 6.47 Å². The molecule has 0 heterocycles. The van der Waals surface area contributed by atoms with E-state index in [0.29, 0.717) is 0 Å². The maximum absolute atomic E-state index is 10.6. The Hall–Kier alpha value is -0.610. The average molecular weight is 115 g/mol. The van der Waals surface area contributed by atoms with E-state index in [0.717, 1.165) is 0 Å².